The first-order valence-corrected chi connectivity index (χ1v) is 11.7. The van der Waals surface area contributed by atoms with Crippen LogP contribution in [0.3, 0.4) is 0 Å². The molecule has 0 saturated heterocycles. The number of pyridine rings is 1. The van der Waals surface area contributed by atoms with Gasteiger partial charge in [-0.05, 0) is 40.0 Å². The van der Waals surface area contributed by atoms with Crippen molar-refractivity contribution >= 4 is 55.0 Å². The molecule has 194 valence electrons. The molecule has 4 aromatic rings. The lowest BCUT2D eigenvalue weighted by atomic mass is 10.00. The van der Waals surface area contributed by atoms with Gasteiger partial charge in [-0.3, -0.25) is 14.3 Å². The Balaban J connectivity index is 1.97. The Morgan fingerprint density at radius 1 is 1.08 bits per heavy atom. The van der Waals surface area contributed by atoms with E-state index >= 15 is 0 Å². The number of rotatable bonds is 4. The van der Waals surface area contributed by atoms with Crippen molar-refractivity contribution in [3.8, 4) is 11.1 Å². The lowest BCUT2D eigenvalue weighted by Crippen LogP contribution is -2.19. The minimum atomic E-state index is -4.88. The summed E-state index contributed by atoms with van der Waals surface area (Å²) in [7, 11) is 1.10. The van der Waals surface area contributed by atoms with Crippen molar-refractivity contribution < 1.29 is 35.9 Å². The fourth-order valence-corrected chi connectivity index (χ4v) is 5.34. The Morgan fingerprint density at radius 2 is 1.70 bits per heavy atom. The number of carbonyl (C=O) groups is 2. The number of hydrogen-bond donors (Lipinski definition) is 2. The molecule has 0 saturated carbocycles. The van der Waals surface area contributed by atoms with Gasteiger partial charge in [-0.15, -0.1) is 11.3 Å². The van der Waals surface area contributed by atoms with Crippen molar-refractivity contribution in [1.82, 2.24) is 14.8 Å². The van der Waals surface area contributed by atoms with Crippen LogP contribution in [0.4, 0.5) is 32.0 Å². The molecule has 0 unspecified atom stereocenters. The summed E-state index contributed by atoms with van der Waals surface area (Å²) >= 11 is 3.25. The average Bonchev–Trinajstić information content (AvgIpc) is 3.30. The number of nitrogens with zero attached hydrogens (tertiary/aromatic N) is 3. The quantitative estimate of drug-likeness (QED) is 0.272. The second-order valence-electron chi connectivity index (χ2n) is 7.86. The highest BCUT2D eigenvalue weighted by atomic mass is 79.9. The molecule has 3 N–H and O–H groups in total. The van der Waals surface area contributed by atoms with Crippen molar-refractivity contribution in [3.05, 3.63) is 62.3 Å². The van der Waals surface area contributed by atoms with Gasteiger partial charge in [0.25, 0.3) is 11.8 Å². The van der Waals surface area contributed by atoms with Gasteiger partial charge in [-0.2, -0.15) is 31.4 Å². The fourth-order valence-electron chi connectivity index (χ4n) is 3.60. The van der Waals surface area contributed by atoms with Gasteiger partial charge in [-0.1, -0.05) is 29.8 Å². The van der Waals surface area contributed by atoms with E-state index < -0.39 is 45.7 Å². The lowest BCUT2D eigenvalue weighted by Gasteiger charge is -2.13. The van der Waals surface area contributed by atoms with Crippen LogP contribution in [0, 0.1) is 6.92 Å². The van der Waals surface area contributed by atoms with E-state index in [4.69, 9.17) is 5.73 Å². The molecule has 7 nitrogen and oxygen atoms in total. The van der Waals surface area contributed by atoms with E-state index in [0.717, 1.165) is 18.7 Å². The molecule has 0 atom stereocenters. The van der Waals surface area contributed by atoms with E-state index in [1.165, 1.54) is 0 Å². The van der Waals surface area contributed by atoms with Crippen LogP contribution in [-0.4, -0.2) is 26.6 Å². The number of nitrogens with one attached hydrogen (secondary N) is 1. The van der Waals surface area contributed by atoms with E-state index in [-0.39, 0.29) is 26.3 Å². The van der Waals surface area contributed by atoms with E-state index in [1.54, 1.807) is 31.2 Å². The van der Waals surface area contributed by atoms with E-state index in [9.17, 15) is 35.9 Å². The number of hydrogen-bond acceptors (Lipinski definition) is 5. The number of halogens is 7. The van der Waals surface area contributed by atoms with Crippen LogP contribution in [0.15, 0.2) is 34.8 Å². The summed E-state index contributed by atoms with van der Waals surface area (Å²) in [6.45, 7) is 1.77. The van der Waals surface area contributed by atoms with Crippen molar-refractivity contribution in [1.29, 1.82) is 0 Å². The van der Waals surface area contributed by atoms with Crippen LogP contribution in [-0.2, 0) is 19.4 Å². The van der Waals surface area contributed by atoms with Crippen LogP contribution in [0.5, 0.6) is 0 Å². The van der Waals surface area contributed by atoms with Gasteiger partial charge in [0, 0.05) is 12.4 Å². The van der Waals surface area contributed by atoms with E-state index in [0.29, 0.717) is 21.6 Å². The van der Waals surface area contributed by atoms with Crippen molar-refractivity contribution in [2.75, 3.05) is 5.32 Å². The molecule has 0 aliphatic rings. The number of benzene rings is 1. The van der Waals surface area contributed by atoms with Crippen LogP contribution in [0.2, 0.25) is 0 Å². The fraction of sp³-hybridized carbons (Fsp3) is 0.182. The third kappa shape index (κ3) is 4.92. The second kappa shape index (κ2) is 9.13. The zero-order valence-electron chi connectivity index (χ0n) is 18.7. The summed E-state index contributed by atoms with van der Waals surface area (Å²) in [6, 6.07) is 7.16. The van der Waals surface area contributed by atoms with Crippen molar-refractivity contribution in [2.45, 2.75) is 19.3 Å². The molecule has 15 heteroatoms. The Labute approximate surface area is 216 Å². The third-order valence-electron chi connectivity index (χ3n) is 5.25. The maximum atomic E-state index is 13.6. The molecule has 0 fully saturated rings. The summed E-state index contributed by atoms with van der Waals surface area (Å²) in [5.74, 6) is -2.20. The van der Waals surface area contributed by atoms with Gasteiger partial charge in [0.2, 0.25) is 0 Å². The van der Waals surface area contributed by atoms with Crippen molar-refractivity contribution in [3.63, 3.8) is 0 Å². The molecule has 4 rings (SSSR count). The Bertz CT molecular complexity index is 1560. The van der Waals surface area contributed by atoms with Crippen LogP contribution < -0.4 is 11.1 Å². The Hall–Kier alpha value is -3.46. The van der Waals surface area contributed by atoms with Crippen LogP contribution in [0.25, 0.3) is 21.3 Å². The first-order chi connectivity index (χ1) is 17.1. The molecule has 0 aliphatic heterocycles. The highest BCUT2D eigenvalue weighted by molar-refractivity contribution is 9.10. The number of aromatic nitrogens is 3. The van der Waals surface area contributed by atoms with Gasteiger partial charge in [-0.25, -0.2) is 4.98 Å². The summed E-state index contributed by atoms with van der Waals surface area (Å²) in [6.07, 6.45) is -9.71. The van der Waals surface area contributed by atoms with E-state index in [1.807, 2.05) is 0 Å². The Morgan fingerprint density at radius 3 is 2.22 bits per heavy atom. The number of amides is 2. The molecule has 0 aliphatic carbocycles. The van der Waals surface area contributed by atoms with Crippen LogP contribution >= 0.6 is 27.3 Å². The van der Waals surface area contributed by atoms with Gasteiger partial charge in [0.1, 0.15) is 21.1 Å². The average molecular weight is 606 g/mol. The molecule has 3 aromatic heterocycles. The lowest BCUT2D eigenvalue weighted by molar-refractivity contribution is -0.142. The number of nitrogens with two attached hydrogens (primary N) is 1. The number of anilines is 1. The minimum Gasteiger partial charge on any atom is -0.365 e. The van der Waals surface area contributed by atoms with Gasteiger partial charge < -0.3 is 11.1 Å². The SMILES string of the molecule is Cc1ccc(-c2cc(C(F)(F)F)nc3sc(C(N)=O)c(NC(=O)c4c(Br)c(C(F)(F)F)nn4C)c23)cc1. The zero-order chi connectivity index (χ0) is 27.4. The number of alkyl halides is 6. The normalized spacial score (nSPS) is 12.2. The third-order valence-corrected chi connectivity index (χ3v) is 7.10. The zero-order valence-corrected chi connectivity index (χ0v) is 21.1. The molecule has 1 aromatic carbocycles. The first-order valence-electron chi connectivity index (χ1n) is 10.1. The highest BCUT2D eigenvalue weighted by Crippen LogP contribution is 2.44. The maximum absolute atomic E-state index is 13.6. The molecule has 3 heterocycles. The molecule has 37 heavy (non-hydrogen) atoms. The summed E-state index contributed by atoms with van der Waals surface area (Å²) < 4.78 is 80.7. The first kappa shape index (κ1) is 26.6. The molecule has 0 spiro atoms. The molecular formula is C22H14BrF6N5O2S. The number of fused-ring (bicyclic) bond motifs is 1. The predicted octanol–water partition coefficient (Wildman–Crippen LogP) is 6.16. The maximum Gasteiger partial charge on any atom is 0.436 e. The van der Waals surface area contributed by atoms with Crippen molar-refractivity contribution in [2.24, 2.45) is 12.8 Å². The minimum absolute atomic E-state index is 0.0172. The number of thiophene rings is 1. The molecule has 0 radical (unpaired) electrons. The van der Waals surface area contributed by atoms with Gasteiger partial charge >= 0.3 is 12.4 Å². The van der Waals surface area contributed by atoms with Gasteiger partial charge in [0.05, 0.1) is 10.2 Å². The number of aryl methyl sites for hydroxylation is 2. The molecule has 0 bridgehead atoms. The topological polar surface area (TPSA) is 103 Å². The predicted molar refractivity (Wildman–Crippen MR) is 127 cm³/mol. The number of primary amides is 1. The smallest absolute Gasteiger partial charge is 0.365 e. The second-order valence-corrected chi connectivity index (χ2v) is 9.65. The molecule has 2 amide bonds. The Kier molecular flexibility index (Phi) is 6.56. The summed E-state index contributed by atoms with van der Waals surface area (Å²) in [4.78, 5) is 28.4. The largest absolute Gasteiger partial charge is 0.436 e. The molecular weight excluding hydrogens is 592 g/mol. The van der Waals surface area contributed by atoms with Crippen LogP contribution in [0.1, 0.15) is 37.1 Å². The van der Waals surface area contributed by atoms with Gasteiger partial charge in [0.15, 0.2) is 5.69 Å². The summed E-state index contributed by atoms with van der Waals surface area (Å²) in [5.41, 5.74) is 3.14. The summed E-state index contributed by atoms with van der Waals surface area (Å²) in [5, 5.41) is 5.64. The highest BCUT2D eigenvalue weighted by Gasteiger charge is 2.40. The standard InChI is InChI=1S/C22H14BrF6N5O2S/c1-8-3-5-9(6-4-8)10-7-11(21(24,25)26)31-20-12(10)14(16(37-20)18(30)35)32-19(36)15-13(23)17(22(27,28)29)33-34(15)2/h3-7H,1-2H3,(H2,30,35)(H,32,36). The van der Waals surface area contributed by atoms with E-state index in [2.05, 4.69) is 31.3 Å². The number of carbonyl (C=O) groups excluding carboxylic acids is 2. The monoisotopic (exact) mass is 605 g/mol.